The van der Waals surface area contributed by atoms with Crippen LogP contribution in [0.15, 0.2) is 18.2 Å². The molecule has 1 heterocycles. The molecule has 0 saturated heterocycles. The minimum absolute atomic E-state index is 0.0858. The highest BCUT2D eigenvalue weighted by Gasteiger charge is 2.05. The third-order valence-electron chi connectivity index (χ3n) is 1.55. The summed E-state index contributed by atoms with van der Waals surface area (Å²) in [4.78, 5) is 14.7. The Morgan fingerprint density at radius 1 is 1.50 bits per heavy atom. The lowest BCUT2D eigenvalue weighted by Gasteiger charge is -2.00. The first kappa shape index (κ1) is 10.8. The Kier molecular flexibility index (Phi) is 3.73. The summed E-state index contributed by atoms with van der Waals surface area (Å²) in [6.07, 6.45) is 0. The lowest BCUT2D eigenvalue weighted by Crippen LogP contribution is -2.15. The van der Waals surface area contributed by atoms with Crippen molar-refractivity contribution in [1.29, 1.82) is 0 Å². The van der Waals surface area contributed by atoms with Gasteiger partial charge in [0.25, 0.3) is 5.91 Å². The molecular formula is C8H11N3O2S. The van der Waals surface area contributed by atoms with E-state index >= 15 is 0 Å². The topological polar surface area (TPSA) is 99.1 Å². The van der Waals surface area contributed by atoms with Crippen molar-refractivity contribution < 1.29 is 9.00 Å². The SMILES string of the molecule is NCS(=O)Cc1cccc(C(N)=O)n1. The van der Waals surface area contributed by atoms with Crippen LogP contribution in [0.5, 0.6) is 0 Å². The van der Waals surface area contributed by atoms with Gasteiger partial charge in [-0.1, -0.05) is 6.07 Å². The number of primary amides is 1. The van der Waals surface area contributed by atoms with Crippen molar-refractivity contribution >= 4 is 16.7 Å². The second-order valence-electron chi connectivity index (χ2n) is 2.63. The Hall–Kier alpha value is -1.27. The van der Waals surface area contributed by atoms with Gasteiger partial charge in [0.2, 0.25) is 0 Å². The molecule has 14 heavy (non-hydrogen) atoms. The molecule has 0 spiro atoms. The normalized spacial score (nSPS) is 12.4. The molecule has 0 aliphatic heterocycles. The van der Waals surface area contributed by atoms with Gasteiger partial charge in [0, 0.05) is 10.8 Å². The van der Waals surface area contributed by atoms with Gasteiger partial charge in [0.05, 0.1) is 17.3 Å². The van der Waals surface area contributed by atoms with Crippen molar-refractivity contribution in [2.24, 2.45) is 11.5 Å². The average molecular weight is 213 g/mol. The third-order valence-corrected chi connectivity index (χ3v) is 2.54. The molecule has 1 atom stereocenters. The van der Waals surface area contributed by atoms with Crippen molar-refractivity contribution in [3.8, 4) is 0 Å². The van der Waals surface area contributed by atoms with Gasteiger partial charge in [-0.15, -0.1) is 0 Å². The second-order valence-corrected chi connectivity index (χ2v) is 4.13. The average Bonchev–Trinajstić information content (AvgIpc) is 2.18. The van der Waals surface area contributed by atoms with Gasteiger partial charge in [-0.2, -0.15) is 0 Å². The maximum atomic E-state index is 11.1. The van der Waals surface area contributed by atoms with E-state index in [2.05, 4.69) is 4.98 Å². The minimum Gasteiger partial charge on any atom is -0.364 e. The Labute approximate surface area is 84.0 Å². The van der Waals surface area contributed by atoms with E-state index in [1.165, 1.54) is 6.07 Å². The van der Waals surface area contributed by atoms with Crippen LogP contribution in [0.2, 0.25) is 0 Å². The van der Waals surface area contributed by atoms with E-state index in [0.717, 1.165) is 0 Å². The van der Waals surface area contributed by atoms with E-state index in [1.807, 2.05) is 0 Å². The van der Waals surface area contributed by atoms with Crippen molar-refractivity contribution in [2.75, 3.05) is 5.88 Å². The van der Waals surface area contributed by atoms with Crippen molar-refractivity contribution in [3.05, 3.63) is 29.6 Å². The zero-order valence-corrected chi connectivity index (χ0v) is 8.29. The number of rotatable bonds is 4. The summed E-state index contributed by atoms with van der Waals surface area (Å²) in [5, 5.41) is 0. The van der Waals surface area contributed by atoms with Crippen molar-refractivity contribution in [3.63, 3.8) is 0 Å². The van der Waals surface area contributed by atoms with Crippen molar-refractivity contribution in [1.82, 2.24) is 4.98 Å². The first-order valence-corrected chi connectivity index (χ1v) is 5.43. The molecule has 0 aliphatic rings. The summed E-state index contributed by atoms with van der Waals surface area (Å²) < 4.78 is 11.1. The van der Waals surface area contributed by atoms with Crippen molar-refractivity contribution in [2.45, 2.75) is 5.75 Å². The minimum atomic E-state index is -1.14. The summed E-state index contributed by atoms with van der Waals surface area (Å²) >= 11 is 0. The second kappa shape index (κ2) is 4.83. The van der Waals surface area contributed by atoms with Gasteiger partial charge in [-0.05, 0) is 12.1 Å². The maximum Gasteiger partial charge on any atom is 0.267 e. The molecular weight excluding hydrogens is 202 g/mol. The maximum absolute atomic E-state index is 11.1. The molecule has 0 aliphatic carbocycles. The van der Waals surface area contributed by atoms with Crippen LogP contribution in [-0.4, -0.2) is 21.0 Å². The zero-order chi connectivity index (χ0) is 10.6. The van der Waals surface area contributed by atoms with E-state index < -0.39 is 16.7 Å². The van der Waals surface area contributed by atoms with Gasteiger partial charge in [0.15, 0.2) is 0 Å². The molecule has 1 rings (SSSR count). The van der Waals surface area contributed by atoms with Crippen LogP contribution in [0, 0.1) is 0 Å². The number of carbonyl (C=O) groups excluding carboxylic acids is 1. The molecule has 1 aromatic heterocycles. The van der Waals surface area contributed by atoms with E-state index in [1.54, 1.807) is 12.1 Å². The standard InChI is InChI=1S/C8H11N3O2S/c9-5-14(13)4-6-2-1-3-7(11-6)8(10)12/h1-3H,4-5,9H2,(H2,10,12). The Balaban J connectivity index is 2.83. The van der Waals surface area contributed by atoms with Gasteiger partial charge in [-0.25, -0.2) is 4.98 Å². The van der Waals surface area contributed by atoms with E-state index in [4.69, 9.17) is 11.5 Å². The first-order valence-electron chi connectivity index (χ1n) is 3.94. The number of nitrogens with zero attached hydrogens (tertiary/aromatic N) is 1. The predicted octanol–water partition coefficient (Wildman–Crippen LogP) is -0.655. The van der Waals surface area contributed by atoms with E-state index in [0.29, 0.717) is 5.69 Å². The molecule has 76 valence electrons. The summed E-state index contributed by atoms with van der Waals surface area (Å²) in [6, 6.07) is 4.84. The smallest absolute Gasteiger partial charge is 0.267 e. The summed E-state index contributed by atoms with van der Waals surface area (Å²) in [5.74, 6) is -0.259. The third kappa shape index (κ3) is 2.90. The summed E-state index contributed by atoms with van der Waals surface area (Å²) in [5.41, 5.74) is 11.0. The number of pyridine rings is 1. The fourth-order valence-corrected chi connectivity index (χ4v) is 1.53. The van der Waals surface area contributed by atoms with Gasteiger partial charge in [0.1, 0.15) is 5.69 Å². The van der Waals surface area contributed by atoms with Crippen LogP contribution in [0.25, 0.3) is 0 Å². The highest BCUT2D eigenvalue weighted by molar-refractivity contribution is 7.84. The van der Waals surface area contributed by atoms with Crippen LogP contribution in [0.3, 0.4) is 0 Å². The molecule has 1 unspecified atom stereocenters. The van der Waals surface area contributed by atoms with Crippen LogP contribution in [0.1, 0.15) is 16.2 Å². The van der Waals surface area contributed by atoms with Crippen LogP contribution < -0.4 is 11.5 Å². The molecule has 4 N–H and O–H groups in total. The first-order chi connectivity index (χ1) is 6.63. The molecule has 0 radical (unpaired) electrons. The molecule has 1 aromatic rings. The number of hydrogen-bond donors (Lipinski definition) is 2. The van der Waals surface area contributed by atoms with Gasteiger partial charge < -0.3 is 11.5 Å². The van der Waals surface area contributed by atoms with Crippen LogP contribution >= 0.6 is 0 Å². The molecule has 1 amide bonds. The number of carbonyl (C=O) groups is 1. The predicted molar refractivity (Wildman–Crippen MR) is 53.7 cm³/mol. The van der Waals surface area contributed by atoms with Crippen LogP contribution in [-0.2, 0) is 16.6 Å². The molecule has 0 bridgehead atoms. The molecule has 0 fully saturated rings. The monoisotopic (exact) mass is 213 g/mol. The molecule has 0 saturated carbocycles. The highest BCUT2D eigenvalue weighted by Crippen LogP contribution is 2.01. The lowest BCUT2D eigenvalue weighted by molar-refractivity contribution is 0.0995. The summed E-state index contributed by atoms with van der Waals surface area (Å²) in [6.45, 7) is 0. The van der Waals surface area contributed by atoms with E-state index in [9.17, 15) is 9.00 Å². The van der Waals surface area contributed by atoms with Crippen LogP contribution in [0.4, 0.5) is 0 Å². The number of hydrogen-bond acceptors (Lipinski definition) is 4. The summed E-state index contributed by atoms with van der Waals surface area (Å²) in [7, 11) is -1.14. The van der Waals surface area contributed by atoms with Gasteiger partial charge >= 0.3 is 0 Å². The molecule has 5 nitrogen and oxygen atoms in total. The Morgan fingerprint density at radius 2 is 2.21 bits per heavy atom. The largest absolute Gasteiger partial charge is 0.364 e. The highest BCUT2D eigenvalue weighted by atomic mass is 32.2. The fourth-order valence-electron chi connectivity index (χ4n) is 0.921. The number of aromatic nitrogens is 1. The lowest BCUT2D eigenvalue weighted by atomic mass is 10.3. The van der Waals surface area contributed by atoms with Gasteiger partial charge in [-0.3, -0.25) is 9.00 Å². The van der Waals surface area contributed by atoms with E-state index in [-0.39, 0.29) is 17.3 Å². The fraction of sp³-hybridized carbons (Fsp3) is 0.250. The Bertz CT molecular complexity index is 367. The number of amides is 1. The zero-order valence-electron chi connectivity index (χ0n) is 7.47. The molecule has 0 aromatic carbocycles. The molecule has 6 heteroatoms. The Morgan fingerprint density at radius 3 is 2.79 bits per heavy atom. The number of nitrogens with two attached hydrogens (primary N) is 2. The quantitative estimate of drug-likeness (QED) is 0.693.